The van der Waals surface area contributed by atoms with Gasteiger partial charge < -0.3 is 10.0 Å². The van der Waals surface area contributed by atoms with E-state index in [9.17, 15) is 9.59 Å². The van der Waals surface area contributed by atoms with E-state index in [2.05, 4.69) is 5.10 Å². The lowest BCUT2D eigenvalue weighted by molar-refractivity contribution is -0.137. The molecule has 0 aliphatic carbocycles. The van der Waals surface area contributed by atoms with Gasteiger partial charge in [-0.1, -0.05) is 0 Å². The topological polar surface area (TPSA) is 75.4 Å². The van der Waals surface area contributed by atoms with Crippen LogP contribution in [0, 0.1) is 0 Å². The Hall–Kier alpha value is -1.85. The van der Waals surface area contributed by atoms with E-state index in [1.54, 1.807) is 12.3 Å². The second-order valence-corrected chi connectivity index (χ2v) is 3.94. The molecular weight excluding hydrogens is 234 g/mol. The van der Waals surface area contributed by atoms with Gasteiger partial charge >= 0.3 is 5.97 Å². The first-order chi connectivity index (χ1) is 8.58. The van der Waals surface area contributed by atoms with Crippen molar-refractivity contribution in [1.29, 1.82) is 0 Å². The molecule has 0 aromatic carbocycles. The molecule has 6 nitrogen and oxygen atoms in total. The summed E-state index contributed by atoms with van der Waals surface area (Å²) in [4.78, 5) is 24.2. The Morgan fingerprint density at radius 3 is 2.61 bits per heavy atom. The van der Waals surface area contributed by atoms with E-state index < -0.39 is 5.97 Å². The van der Waals surface area contributed by atoms with Crippen LogP contribution in [0.3, 0.4) is 0 Å². The zero-order chi connectivity index (χ0) is 13.5. The van der Waals surface area contributed by atoms with Crippen molar-refractivity contribution in [3.05, 3.63) is 22.6 Å². The molecule has 6 heteroatoms. The molecule has 1 rings (SSSR count). The number of carboxylic acid groups (broad SMARTS) is 1. The van der Waals surface area contributed by atoms with Crippen molar-refractivity contribution in [3.63, 3.8) is 0 Å². The summed E-state index contributed by atoms with van der Waals surface area (Å²) in [5.41, 5.74) is 0.615. The number of rotatable bonds is 7. The molecule has 1 heterocycles. The van der Waals surface area contributed by atoms with Gasteiger partial charge in [0.2, 0.25) is 0 Å². The summed E-state index contributed by atoms with van der Waals surface area (Å²) >= 11 is 0. The van der Waals surface area contributed by atoms with Crippen LogP contribution in [0.1, 0.15) is 26.7 Å². The second kappa shape index (κ2) is 6.78. The van der Waals surface area contributed by atoms with Gasteiger partial charge in [-0.2, -0.15) is 5.10 Å². The van der Waals surface area contributed by atoms with Gasteiger partial charge in [0.05, 0.1) is 11.9 Å². The largest absolute Gasteiger partial charge is 0.481 e. The Morgan fingerprint density at radius 1 is 1.44 bits per heavy atom. The summed E-state index contributed by atoms with van der Waals surface area (Å²) in [6.45, 7) is 6.01. The molecule has 0 radical (unpaired) electrons. The van der Waals surface area contributed by atoms with Crippen molar-refractivity contribution in [2.24, 2.45) is 0 Å². The van der Waals surface area contributed by atoms with E-state index in [0.717, 1.165) is 18.8 Å². The third-order valence-corrected chi connectivity index (χ3v) is 2.74. The molecule has 0 saturated carbocycles. The van der Waals surface area contributed by atoms with Crippen molar-refractivity contribution >= 4 is 11.7 Å². The highest BCUT2D eigenvalue weighted by molar-refractivity contribution is 5.66. The quantitative estimate of drug-likeness (QED) is 0.783. The van der Waals surface area contributed by atoms with Gasteiger partial charge in [0.15, 0.2) is 0 Å². The molecule has 0 atom stereocenters. The number of carboxylic acids is 1. The van der Waals surface area contributed by atoms with Gasteiger partial charge in [-0.15, -0.1) is 0 Å². The van der Waals surface area contributed by atoms with Crippen LogP contribution in [0.5, 0.6) is 0 Å². The lowest BCUT2D eigenvalue weighted by Crippen LogP contribution is -2.28. The van der Waals surface area contributed by atoms with Gasteiger partial charge in [-0.3, -0.25) is 9.59 Å². The lowest BCUT2D eigenvalue weighted by Gasteiger charge is -2.20. The standard InChI is InChI=1S/C12H19N3O3/c1-3-14(4-2)10-8-11(16)15(13-9-10)7-5-6-12(17)18/h8-9H,3-7H2,1-2H3,(H,17,18). The first-order valence-corrected chi connectivity index (χ1v) is 6.12. The van der Waals surface area contributed by atoms with Crippen molar-refractivity contribution in [2.75, 3.05) is 18.0 Å². The average Bonchev–Trinajstić information content (AvgIpc) is 2.33. The molecule has 1 aromatic heterocycles. The van der Waals surface area contributed by atoms with Crippen molar-refractivity contribution in [3.8, 4) is 0 Å². The van der Waals surface area contributed by atoms with Gasteiger partial charge in [0.25, 0.3) is 5.56 Å². The maximum Gasteiger partial charge on any atom is 0.303 e. The summed E-state index contributed by atoms with van der Waals surface area (Å²) in [6, 6.07) is 1.54. The summed E-state index contributed by atoms with van der Waals surface area (Å²) in [5, 5.41) is 12.6. The molecule has 0 fully saturated rings. The molecule has 0 bridgehead atoms. The second-order valence-electron chi connectivity index (χ2n) is 3.94. The third-order valence-electron chi connectivity index (χ3n) is 2.74. The molecule has 1 aromatic rings. The fourth-order valence-electron chi connectivity index (χ4n) is 1.73. The first-order valence-electron chi connectivity index (χ1n) is 6.12. The Kier molecular flexibility index (Phi) is 5.35. The average molecular weight is 253 g/mol. The maximum absolute atomic E-state index is 11.8. The van der Waals surface area contributed by atoms with Gasteiger partial charge in [-0.25, -0.2) is 4.68 Å². The highest BCUT2D eigenvalue weighted by Crippen LogP contribution is 2.08. The van der Waals surface area contributed by atoms with Gasteiger partial charge in [0.1, 0.15) is 0 Å². The molecule has 0 unspecified atom stereocenters. The number of hydrogen-bond donors (Lipinski definition) is 1. The van der Waals surface area contributed by atoms with Gasteiger partial charge in [-0.05, 0) is 20.3 Å². The molecule has 0 saturated heterocycles. The van der Waals surface area contributed by atoms with E-state index in [-0.39, 0.29) is 12.0 Å². The molecule has 1 N–H and O–H groups in total. The van der Waals surface area contributed by atoms with E-state index in [0.29, 0.717) is 13.0 Å². The summed E-state index contributed by atoms with van der Waals surface area (Å²) in [5.74, 6) is -0.859. The van der Waals surface area contributed by atoms with Crippen molar-refractivity contribution in [1.82, 2.24) is 9.78 Å². The summed E-state index contributed by atoms with van der Waals surface area (Å²) in [7, 11) is 0. The monoisotopic (exact) mass is 253 g/mol. The Balaban J connectivity index is 2.73. The fraction of sp³-hybridized carbons (Fsp3) is 0.583. The number of aliphatic carboxylic acids is 1. The normalized spacial score (nSPS) is 10.3. The molecular formula is C12H19N3O3. The number of aromatic nitrogens is 2. The predicted octanol–water partition coefficient (Wildman–Crippen LogP) is 0.954. The Morgan fingerprint density at radius 2 is 2.11 bits per heavy atom. The zero-order valence-corrected chi connectivity index (χ0v) is 10.8. The lowest BCUT2D eigenvalue weighted by atomic mass is 10.3. The third kappa shape index (κ3) is 3.87. The molecule has 0 spiro atoms. The van der Waals surface area contributed by atoms with Crippen LogP contribution < -0.4 is 10.5 Å². The molecule has 0 aliphatic heterocycles. The van der Waals surface area contributed by atoms with Crippen LogP contribution >= 0.6 is 0 Å². The predicted molar refractivity (Wildman–Crippen MR) is 68.9 cm³/mol. The van der Waals surface area contributed by atoms with E-state index in [4.69, 9.17) is 5.11 Å². The van der Waals surface area contributed by atoms with E-state index >= 15 is 0 Å². The summed E-state index contributed by atoms with van der Waals surface area (Å²) in [6.07, 6.45) is 2.11. The highest BCUT2D eigenvalue weighted by atomic mass is 16.4. The number of aryl methyl sites for hydroxylation is 1. The van der Waals surface area contributed by atoms with Crippen molar-refractivity contribution < 1.29 is 9.90 Å². The smallest absolute Gasteiger partial charge is 0.303 e. The van der Waals surface area contributed by atoms with Crippen LogP contribution in [-0.4, -0.2) is 33.9 Å². The maximum atomic E-state index is 11.8. The minimum absolute atomic E-state index is 0.0475. The van der Waals surface area contributed by atoms with Gasteiger partial charge in [0, 0.05) is 32.1 Å². The first kappa shape index (κ1) is 14.2. The molecule has 100 valence electrons. The number of anilines is 1. The fourth-order valence-corrected chi connectivity index (χ4v) is 1.73. The van der Waals surface area contributed by atoms with E-state index in [1.807, 2.05) is 18.7 Å². The zero-order valence-electron chi connectivity index (χ0n) is 10.8. The molecule has 0 amide bonds. The van der Waals surface area contributed by atoms with Crippen LogP contribution in [0.4, 0.5) is 5.69 Å². The Labute approximate surface area is 106 Å². The highest BCUT2D eigenvalue weighted by Gasteiger charge is 2.05. The minimum atomic E-state index is -0.859. The summed E-state index contributed by atoms with van der Waals surface area (Å²) < 4.78 is 1.30. The van der Waals surface area contributed by atoms with Crippen LogP contribution in [-0.2, 0) is 11.3 Å². The van der Waals surface area contributed by atoms with E-state index in [1.165, 1.54) is 4.68 Å². The number of nitrogens with zero attached hydrogens (tertiary/aromatic N) is 3. The van der Waals surface area contributed by atoms with Crippen LogP contribution in [0.15, 0.2) is 17.1 Å². The van der Waals surface area contributed by atoms with Crippen LogP contribution in [0.25, 0.3) is 0 Å². The molecule has 0 aliphatic rings. The number of carbonyl (C=O) groups is 1. The number of hydrogen-bond acceptors (Lipinski definition) is 4. The Bertz CT molecular complexity index is 452. The molecule has 18 heavy (non-hydrogen) atoms. The van der Waals surface area contributed by atoms with Crippen molar-refractivity contribution in [2.45, 2.75) is 33.2 Å². The minimum Gasteiger partial charge on any atom is -0.481 e. The SMILES string of the molecule is CCN(CC)c1cnn(CCCC(=O)O)c(=O)c1. The van der Waals surface area contributed by atoms with Crippen LogP contribution in [0.2, 0.25) is 0 Å².